The van der Waals surface area contributed by atoms with Gasteiger partial charge in [0.1, 0.15) is 18.2 Å². The minimum Gasteiger partial charge on any atom is -0.489 e. The van der Waals surface area contributed by atoms with Crippen LogP contribution in [0.5, 0.6) is 5.75 Å². The van der Waals surface area contributed by atoms with Gasteiger partial charge in [0.15, 0.2) is 0 Å². The summed E-state index contributed by atoms with van der Waals surface area (Å²) in [5.41, 5.74) is 2.79. The second-order valence-corrected chi connectivity index (χ2v) is 8.24. The van der Waals surface area contributed by atoms with E-state index in [0.717, 1.165) is 54.5 Å². The Bertz CT molecular complexity index is 849. The predicted octanol–water partition coefficient (Wildman–Crippen LogP) is 5.68. The van der Waals surface area contributed by atoms with Gasteiger partial charge in [0.25, 0.3) is 0 Å². The quantitative estimate of drug-likeness (QED) is 0.605. The SMILES string of the molecule is Fc1ccc(COc2ccc3c(c2)CCC2(CCCCN2CC(F)(F)F)C3)cc1. The van der Waals surface area contributed by atoms with E-state index < -0.39 is 12.7 Å². The maximum atomic E-state index is 13.1. The third-order valence-corrected chi connectivity index (χ3v) is 6.24. The minimum absolute atomic E-state index is 0.279. The topological polar surface area (TPSA) is 12.5 Å². The fraction of sp³-hybridized carbons (Fsp3) is 0.478. The number of rotatable bonds is 4. The summed E-state index contributed by atoms with van der Waals surface area (Å²) < 4.78 is 58.1. The molecule has 6 heteroatoms. The van der Waals surface area contributed by atoms with Crippen LogP contribution in [0.4, 0.5) is 17.6 Å². The van der Waals surface area contributed by atoms with Crippen LogP contribution in [0, 0.1) is 5.82 Å². The molecule has 2 nitrogen and oxygen atoms in total. The average molecular weight is 407 g/mol. The van der Waals surface area contributed by atoms with E-state index in [1.54, 1.807) is 17.0 Å². The number of hydrogen-bond donors (Lipinski definition) is 0. The first kappa shape index (κ1) is 20.2. The van der Waals surface area contributed by atoms with Crippen LogP contribution in [-0.4, -0.2) is 29.7 Å². The van der Waals surface area contributed by atoms with Crippen LogP contribution in [0.3, 0.4) is 0 Å². The van der Waals surface area contributed by atoms with Gasteiger partial charge in [-0.15, -0.1) is 0 Å². The standard InChI is InChI=1S/C23H25F4NO/c24-20-6-3-17(4-7-20)15-29-21-8-5-19-14-22(11-9-18(19)13-21)10-1-2-12-28(22)16-23(25,26)27/h3-8,13H,1-2,9-12,14-16H2. The smallest absolute Gasteiger partial charge is 0.401 e. The maximum absolute atomic E-state index is 13.1. The Hall–Kier alpha value is -2.08. The number of halogens is 4. The number of alkyl halides is 3. The number of hydrogen-bond acceptors (Lipinski definition) is 2. The number of benzene rings is 2. The highest BCUT2D eigenvalue weighted by molar-refractivity contribution is 5.39. The Morgan fingerprint density at radius 1 is 0.966 bits per heavy atom. The highest BCUT2D eigenvalue weighted by Gasteiger charge is 2.45. The number of aryl methyl sites for hydroxylation is 1. The summed E-state index contributed by atoms with van der Waals surface area (Å²) in [5, 5.41) is 0. The first-order chi connectivity index (χ1) is 13.8. The molecular formula is C23H25F4NO. The van der Waals surface area contributed by atoms with Gasteiger partial charge in [-0.3, -0.25) is 4.90 Å². The molecule has 156 valence electrons. The van der Waals surface area contributed by atoms with Crippen LogP contribution in [0.1, 0.15) is 42.4 Å². The van der Waals surface area contributed by atoms with Crippen LogP contribution in [0.25, 0.3) is 0 Å². The van der Waals surface area contributed by atoms with Crippen LogP contribution in [0.2, 0.25) is 0 Å². The molecule has 1 aliphatic heterocycles. The van der Waals surface area contributed by atoms with Gasteiger partial charge < -0.3 is 4.74 Å². The molecule has 2 aromatic carbocycles. The number of nitrogens with zero attached hydrogens (tertiary/aromatic N) is 1. The van der Waals surface area contributed by atoms with E-state index in [9.17, 15) is 17.6 Å². The third kappa shape index (κ3) is 4.74. The first-order valence-electron chi connectivity index (χ1n) is 10.1. The number of piperidine rings is 1. The number of fused-ring (bicyclic) bond motifs is 1. The Balaban J connectivity index is 1.46. The van der Waals surface area contributed by atoms with Crippen molar-refractivity contribution in [2.75, 3.05) is 13.1 Å². The maximum Gasteiger partial charge on any atom is 0.401 e. The first-order valence-corrected chi connectivity index (χ1v) is 10.1. The van der Waals surface area contributed by atoms with E-state index in [-0.39, 0.29) is 11.4 Å². The van der Waals surface area contributed by atoms with Crippen molar-refractivity contribution in [3.05, 3.63) is 65.0 Å². The van der Waals surface area contributed by atoms with Crippen molar-refractivity contribution < 1.29 is 22.3 Å². The fourth-order valence-electron chi connectivity index (χ4n) is 4.75. The van der Waals surface area contributed by atoms with Crippen LogP contribution >= 0.6 is 0 Å². The summed E-state index contributed by atoms with van der Waals surface area (Å²) in [6.45, 7) is 0.0528. The molecule has 0 saturated carbocycles. The third-order valence-electron chi connectivity index (χ3n) is 6.24. The van der Waals surface area contributed by atoms with Gasteiger partial charge >= 0.3 is 6.18 Å². The molecule has 4 rings (SSSR count). The lowest BCUT2D eigenvalue weighted by Gasteiger charge is -2.50. The molecule has 1 fully saturated rings. The molecule has 0 radical (unpaired) electrons. The highest BCUT2D eigenvalue weighted by atomic mass is 19.4. The van der Waals surface area contributed by atoms with Gasteiger partial charge in [0.2, 0.25) is 0 Å². The molecule has 1 unspecified atom stereocenters. The molecule has 29 heavy (non-hydrogen) atoms. The molecule has 0 N–H and O–H groups in total. The van der Waals surface area contributed by atoms with Crippen molar-refractivity contribution in [1.29, 1.82) is 0 Å². The van der Waals surface area contributed by atoms with Gasteiger partial charge in [0.05, 0.1) is 6.54 Å². The van der Waals surface area contributed by atoms with Crippen molar-refractivity contribution in [2.24, 2.45) is 0 Å². The molecule has 1 spiro atoms. The summed E-state index contributed by atoms with van der Waals surface area (Å²) in [5.74, 6) is 0.457. The molecule has 0 bridgehead atoms. The summed E-state index contributed by atoms with van der Waals surface area (Å²) in [7, 11) is 0. The zero-order chi connectivity index (χ0) is 20.5. The molecule has 0 amide bonds. The second kappa shape index (κ2) is 7.98. The average Bonchev–Trinajstić information content (AvgIpc) is 2.68. The summed E-state index contributed by atoms with van der Waals surface area (Å²) in [6.07, 6.45) is 0.656. The molecule has 1 aliphatic carbocycles. The van der Waals surface area contributed by atoms with E-state index in [4.69, 9.17) is 4.74 Å². The van der Waals surface area contributed by atoms with Gasteiger partial charge in [-0.1, -0.05) is 24.6 Å². The Morgan fingerprint density at radius 2 is 1.76 bits per heavy atom. The zero-order valence-electron chi connectivity index (χ0n) is 16.3. The zero-order valence-corrected chi connectivity index (χ0v) is 16.3. The summed E-state index contributed by atoms with van der Waals surface area (Å²) in [6, 6.07) is 12.1. The van der Waals surface area contributed by atoms with Crippen molar-refractivity contribution in [3.8, 4) is 5.75 Å². The van der Waals surface area contributed by atoms with E-state index in [1.165, 1.54) is 12.1 Å². The lowest BCUT2D eigenvalue weighted by molar-refractivity contribution is -0.165. The van der Waals surface area contributed by atoms with Gasteiger partial charge in [-0.05, 0) is 79.6 Å². The summed E-state index contributed by atoms with van der Waals surface area (Å²) >= 11 is 0. The molecule has 2 aromatic rings. The molecule has 1 heterocycles. The van der Waals surface area contributed by atoms with E-state index in [0.29, 0.717) is 19.6 Å². The largest absolute Gasteiger partial charge is 0.489 e. The number of likely N-dealkylation sites (tertiary alicyclic amines) is 1. The molecule has 1 saturated heterocycles. The predicted molar refractivity (Wildman–Crippen MR) is 103 cm³/mol. The van der Waals surface area contributed by atoms with Crippen molar-refractivity contribution in [2.45, 2.75) is 56.8 Å². The number of ether oxygens (including phenoxy) is 1. The van der Waals surface area contributed by atoms with Crippen LogP contribution in [0.15, 0.2) is 42.5 Å². The minimum atomic E-state index is -4.16. The second-order valence-electron chi connectivity index (χ2n) is 8.24. The Kier molecular flexibility index (Phi) is 5.56. The molecule has 0 aromatic heterocycles. The van der Waals surface area contributed by atoms with Gasteiger partial charge in [-0.25, -0.2) is 4.39 Å². The monoisotopic (exact) mass is 407 g/mol. The molecule has 1 atom stereocenters. The highest BCUT2D eigenvalue weighted by Crippen LogP contribution is 2.41. The van der Waals surface area contributed by atoms with Gasteiger partial charge in [-0.2, -0.15) is 13.2 Å². The Morgan fingerprint density at radius 3 is 2.52 bits per heavy atom. The van der Waals surface area contributed by atoms with Crippen LogP contribution < -0.4 is 4.74 Å². The van der Waals surface area contributed by atoms with E-state index in [1.807, 2.05) is 18.2 Å². The normalized spacial score (nSPS) is 22.5. The van der Waals surface area contributed by atoms with Crippen molar-refractivity contribution >= 4 is 0 Å². The van der Waals surface area contributed by atoms with Gasteiger partial charge in [0, 0.05) is 5.54 Å². The fourth-order valence-corrected chi connectivity index (χ4v) is 4.75. The molecule has 2 aliphatic rings. The van der Waals surface area contributed by atoms with Crippen molar-refractivity contribution in [3.63, 3.8) is 0 Å². The molecular weight excluding hydrogens is 382 g/mol. The lowest BCUT2D eigenvalue weighted by Crippen LogP contribution is -2.57. The Labute approximate surface area is 168 Å². The lowest BCUT2D eigenvalue weighted by atomic mass is 9.72. The summed E-state index contributed by atoms with van der Waals surface area (Å²) in [4.78, 5) is 1.68. The van der Waals surface area contributed by atoms with E-state index in [2.05, 4.69) is 0 Å². The van der Waals surface area contributed by atoms with E-state index >= 15 is 0 Å². The van der Waals surface area contributed by atoms with Crippen LogP contribution in [-0.2, 0) is 19.4 Å². The van der Waals surface area contributed by atoms with Crippen molar-refractivity contribution in [1.82, 2.24) is 4.90 Å².